The van der Waals surface area contributed by atoms with Crippen LogP contribution in [0, 0.1) is 6.57 Å². The number of rotatable bonds is 6. The molecular weight excluding hydrogens is 564 g/mol. The molecule has 1 aliphatic carbocycles. The van der Waals surface area contributed by atoms with Gasteiger partial charge in [-0.05, 0) is 82.9 Å². The van der Waals surface area contributed by atoms with Gasteiger partial charge >= 0.3 is 6.09 Å². The minimum Gasteiger partial charge on any atom is -0.444 e. The van der Waals surface area contributed by atoms with Crippen LogP contribution in [-0.4, -0.2) is 91.8 Å². The number of ether oxygens (including phenoxy) is 1. The van der Waals surface area contributed by atoms with Gasteiger partial charge < -0.3 is 24.8 Å². The lowest BCUT2D eigenvalue weighted by atomic mass is 9.90. The molecule has 2 heterocycles. The van der Waals surface area contributed by atoms with E-state index in [0.717, 1.165) is 76.3 Å². The zero-order valence-corrected chi connectivity index (χ0v) is 26.4. The van der Waals surface area contributed by atoms with E-state index in [0.29, 0.717) is 28.4 Å². The second kappa shape index (κ2) is 13.0. The van der Waals surface area contributed by atoms with Crippen LogP contribution in [0.3, 0.4) is 0 Å². The zero-order valence-electron chi connectivity index (χ0n) is 25.7. The van der Waals surface area contributed by atoms with E-state index in [4.69, 9.17) is 22.9 Å². The van der Waals surface area contributed by atoms with Gasteiger partial charge in [0.2, 0.25) is 5.69 Å². The smallest absolute Gasteiger partial charge is 0.410 e. The molecule has 1 N–H and O–H groups in total. The van der Waals surface area contributed by atoms with Crippen molar-refractivity contribution in [2.75, 3.05) is 56.1 Å². The molecule has 0 bridgehead atoms. The fourth-order valence-corrected chi connectivity index (χ4v) is 6.44. The van der Waals surface area contributed by atoms with Crippen molar-refractivity contribution in [3.63, 3.8) is 0 Å². The fourth-order valence-electron chi connectivity index (χ4n) is 6.22. The SMILES string of the molecule is [C-]#[N+]c1ccc(N(C)C2CCC(NC(=O)c3ccc(N4CCN(C5CN(C(=O)OC(C)(C)C)C5)CC4)cc3)CC2)cc1Cl. The van der Waals surface area contributed by atoms with Crippen LogP contribution in [0.15, 0.2) is 42.5 Å². The fraction of sp³-hybridized carbons (Fsp3) is 0.545. The summed E-state index contributed by atoms with van der Waals surface area (Å²) in [4.78, 5) is 37.6. The highest BCUT2D eigenvalue weighted by molar-refractivity contribution is 6.33. The lowest BCUT2D eigenvalue weighted by molar-refractivity contribution is -0.0162. The van der Waals surface area contributed by atoms with Gasteiger partial charge in [0.15, 0.2) is 0 Å². The number of carbonyl (C=O) groups is 2. The normalized spacial score (nSPS) is 21.5. The molecule has 0 atom stereocenters. The van der Waals surface area contributed by atoms with Gasteiger partial charge in [0.05, 0.1) is 6.57 Å². The van der Waals surface area contributed by atoms with Crippen molar-refractivity contribution < 1.29 is 14.3 Å². The lowest BCUT2D eigenvalue weighted by Gasteiger charge is -2.48. The number of piperazine rings is 1. The third-order valence-electron chi connectivity index (χ3n) is 8.88. The molecule has 1 saturated carbocycles. The first-order chi connectivity index (χ1) is 20.5. The Bertz CT molecular complexity index is 1330. The summed E-state index contributed by atoms with van der Waals surface area (Å²) in [5.41, 5.74) is 2.84. The molecule has 0 spiro atoms. The molecule has 2 aromatic rings. The molecule has 230 valence electrons. The van der Waals surface area contributed by atoms with Crippen LogP contribution in [0.25, 0.3) is 4.85 Å². The molecule has 5 rings (SSSR count). The van der Waals surface area contributed by atoms with Crippen LogP contribution in [0.2, 0.25) is 5.02 Å². The van der Waals surface area contributed by atoms with Gasteiger partial charge in [0.1, 0.15) is 5.60 Å². The molecule has 3 fully saturated rings. The number of hydrogen-bond acceptors (Lipinski definition) is 6. The van der Waals surface area contributed by atoms with Gasteiger partial charge in [-0.2, -0.15) is 0 Å². The van der Waals surface area contributed by atoms with Crippen molar-refractivity contribution in [3.8, 4) is 0 Å². The van der Waals surface area contributed by atoms with Gasteiger partial charge in [0, 0.05) is 86.4 Å². The third-order valence-corrected chi connectivity index (χ3v) is 9.18. The number of benzene rings is 2. The van der Waals surface area contributed by atoms with E-state index >= 15 is 0 Å². The van der Waals surface area contributed by atoms with Crippen LogP contribution in [0.4, 0.5) is 21.9 Å². The Hall–Kier alpha value is -3.48. The van der Waals surface area contributed by atoms with E-state index in [9.17, 15) is 9.59 Å². The summed E-state index contributed by atoms with van der Waals surface area (Å²) in [6.07, 6.45) is 3.59. The summed E-state index contributed by atoms with van der Waals surface area (Å²) in [5, 5.41) is 3.73. The van der Waals surface area contributed by atoms with Crippen molar-refractivity contribution in [1.82, 2.24) is 15.1 Å². The number of halogens is 1. The van der Waals surface area contributed by atoms with Crippen molar-refractivity contribution in [2.45, 2.75) is 70.2 Å². The quantitative estimate of drug-likeness (QED) is 0.419. The number of likely N-dealkylation sites (tertiary alicyclic amines) is 1. The molecule has 43 heavy (non-hydrogen) atoms. The molecule has 2 amide bonds. The predicted molar refractivity (Wildman–Crippen MR) is 171 cm³/mol. The minimum atomic E-state index is -0.466. The number of hydrogen-bond donors (Lipinski definition) is 1. The Morgan fingerprint density at radius 2 is 1.65 bits per heavy atom. The summed E-state index contributed by atoms with van der Waals surface area (Å²) in [5.74, 6) is -0.0192. The summed E-state index contributed by atoms with van der Waals surface area (Å²) >= 11 is 6.25. The van der Waals surface area contributed by atoms with Crippen molar-refractivity contribution >= 4 is 40.7 Å². The highest BCUT2D eigenvalue weighted by atomic mass is 35.5. The van der Waals surface area contributed by atoms with E-state index in [1.165, 1.54) is 0 Å². The maximum Gasteiger partial charge on any atom is 0.410 e. The largest absolute Gasteiger partial charge is 0.444 e. The van der Waals surface area contributed by atoms with Crippen LogP contribution >= 0.6 is 11.6 Å². The molecule has 0 unspecified atom stereocenters. The van der Waals surface area contributed by atoms with Crippen molar-refractivity contribution in [2.24, 2.45) is 0 Å². The Morgan fingerprint density at radius 3 is 2.23 bits per heavy atom. The van der Waals surface area contributed by atoms with E-state index in [1.807, 2.05) is 45.0 Å². The van der Waals surface area contributed by atoms with Gasteiger partial charge in [-0.3, -0.25) is 9.69 Å². The Labute approximate surface area is 260 Å². The molecule has 2 saturated heterocycles. The molecule has 10 heteroatoms. The number of nitrogens with zero attached hydrogens (tertiary/aromatic N) is 5. The summed E-state index contributed by atoms with van der Waals surface area (Å²) in [6.45, 7) is 18.1. The third kappa shape index (κ3) is 7.54. The summed E-state index contributed by atoms with van der Waals surface area (Å²) < 4.78 is 5.48. The highest BCUT2D eigenvalue weighted by Gasteiger charge is 2.38. The standard InChI is InChI=1S/C33H43ClN6O3/c1-33(2,3)43-32(42)40-21-28(22-40)39-18-16-38(17-19-39)26-10-6-23(7-11-26)31(41)36-24-8-12-25(13-9-24)37(5)27-14-15-30(35-4)29(34)20-27/h6-7,10-11,14-15,20,24-25,28H,8-9,12-13,16-19,21-22H2,1-3,5H3,(H,36,41). The molecule has 9 nitrogen and oxygen atoms in total. The second-order valence-corrected chi connectivity index (χ2v) is 13.4. The van der Waals surface area contributed by atoms with E-state index in [-0.39, 0.29) is 18.0 Å². The first kappa shape index (κ1) is 31.0. The van der Waals surface area contributed by atoms with E-state index in [1.54, 1.807) is 11.0 Å². The molecule has 3 aliphatic rings. The Kier molecular flexibility index (Phi) is 9.38. The molecule has 0 radical (unpaired) electrons. The highest BCUT2D eigenvalue weighted by Crippen LogP contribution is 2.33. The van der Waals surface area contributed by atoms with Crippen molar-refractivity contribution in [1.29, 1.82) is 0 Å². The summed E-state index contributed by atoms with van der Waals surface area (Å²) in [7, 11) is 2.07. The zero-order chi connectivity index (χ0) is 30.7. The maximum atomic E-state index is 13.0. The van der Waals surface area contributed by atoms with Crippen LogP contribution < -0.4 is 15.1 Å². The van der Waals surface area contributed by atoms with Crippen LogP contribution in [0.5, 0.6) is 0 Å². The van der Waals surface area contributed by atoms with Crippen LogP contribution in [-0.2, 0) is 4.74 Å². The van der Waals surface area contributed by atoms with E-state index in [2.05, 4.69) is 44.0 Å². The molecule has 0 aromatic heterocycles. The average Bonchev–Trinajstić information content (AvgIpc) is 2.96. The van der Waals surface area contributed by atoms with Gasteiger partial charge in [0.25, 0.3) is 5.91 Å². The second-order valence-electron chi connectivity index (χ2n) is 12.9. The first-order valence-electron chi connectivity index (χ1n) is 15.3. The average molecular weight is 607 g/mol. The van der Waals surface area contributed by atoms with Gasteiger partial charge in [-0.25, -0.2) is 9.64 Å². The topological polar surface area (TPSA) is 72.7 Å². The molecular formula is C33H43ClN6O3. The number of anilines is 2. The molecule has 2 aliphatic heterocycles. The Balaban J connectivity index is 1.04. The first-order valence-corrected chi connectivity index (χ1v) is 15.7. The van der Waals surface area contributed by atoms with Gasteiger partial charge in [-0.1, -0.05) is 17.7 Å². The van der Waals surface area contributed by atoms with Crippen LogP contribution in [0.1, 0.15) is 56.8 Å². The maximum absolute atomic E-state index is 13.0. The minimum absolute atomic E-state index is 0.0192. The molecule has 2 aromatic carbocycles. The predicted octanol–water partition coefficient (Wildman–Crippen LogP) is 5.81. The van der Waals surface area contributed by atoms with Crippen molar-refractivity contribution in [3.05, 3.63) is 64.5 Å². The number of nitrogens with one attached hydrogen (secondary N) is 1. The van der Waals surface area contributed by atoms with Gasteiger partial charge in [-0.15, -0.1) is 0 Å². The summed E-state index contributed by atoms with van der Waals surface area (Å²) in [6, 6.07) is 14.5. The number of carbonyl (C=O) groups excluding carboxylic acids is 2. The Morgan fingerprint density at radius 1 is 1.00 bits per heavy atom. The van der Waals surface area contributed by atoms with E-state index < -0.39 is 5.60 Å². The lowest BCUT2D eigenvalue weighted by Crippen LogP contribution is -2.64. The number of amides is 2. The monoisotopic (exact) mass is 606 g/mol.